The van der Waals surface area contributed by atoms with E-state index in [-0.39, 0.29) is 5.69 Å². The van der Waals surface area contributed by atoms with Crippen molar-refractivity contribution in [2.24, 2.45) is 4.99 Å². The van der Waals surface area contributed by atoms with Crippen molar-refractivity contribution in [2.45, 2.75) is 6.54 Å². The molecule has 144 valence electrons. The number of pyridine rings is 1. The Balaban J connectivity index is 1.83. The van der Waals surface area contributed by atoms with Crippen molar-refractivity contribution >= 4 is 28.6 Å². The normalized spacial score (nSPS) is 11.6. The van der Waals surface area contributed by atoms with Crippen molar-refractivity contribution in [3.63, 3.8) is 0 Å². The Hall–Kier alpha value is -3.29. The van der Waals surface area contributed by atoms with Gasteiger partial charge in [-0.25, -0.2) is 0 Å². The summed E-state index contributed by atoms with van der Waals surface area (Å²) in [4.78, 5) is 20.3. The molecule has 0 aliphatic rings. The van der Waals surface area contributed by atoms with Gasteiger partial charge in [0.05, 0.1) is 17.2 Å². The quantitative estimate of drug-likeness (QED) is 0.325. The van der Waals surface area contributed by atoms with E-state index in [9.17, 15) is 10.1 Å². The van der Waals surface area contributed by atoms with Gasteiger partial charge < -0.3 is 0 Å². The van der Waals surface area contributed by atoms with Gasteiger partial charge in [0.25, 0.3) is 5.69 Å². The minimum atomic E-state index is -0.407. The monoisotopic (exact) mass is 422 g/mol. The SMILES string of the molecule is O=[N+]([O-])c1ccc(-n2c(-c3ccc(Cl)cc3)csc2=NCc2cccnc2)cc1. The second-order valence-corrected chi connectivity index (χ2v) is 7.47. The van der Waals surface area contributed by atoms with Gasteiger partial charge in [0, 0.05) is 40.6 Å². The van der Waals surface area contributed by atoms with Crippen LogP contribution in [-0.2, 0) is 6.54 Å². The van der Waals surface area contributed by atoms with Crippen LogP contribution in [-0.4, -0.2) is 14.5 Å². The Morgan fingerprint density at radius 2 is 1.86 bits per heavy atom. The molecule has 4 rings (SSSR count). The number of halogens is 1. The number of hydrogen-bond acceptors (Lipinski definition) is 5. The molecule has 6 nitrogen and oxygen atoms in total. The Morgan fingerprint density at radius 1 is 1.10 bits per heavy atom. The number of hydrogen-bond donors (Lipinski definition) is 0. The fraction of sp³-hybridized carbons (Fsp3) is 0.0476. The fourth-order valence-corrected chi connectivity index (χ4v) is 3.90. The first-order valence-electron chi connectivity index (χ1n) is 8.72. The van der Waals surface area contributed by atoms with Crippen molar-refractivity contribution in [2.75, 3.05) is 0 Å². The lowest BCUT2D eigenvalue weighted by atomic mass is 10.1. The van der Waals surface area contributed by atoms with Crippen molar-refractivity contribution < 1.29 is 4.92 Å². The first-order valence-corrected chi connectivity index (χ1v) is 9.98. The third-order valence-corrected chi connectivity index (χ3v) is 5.40. The van der Waals surface area contributed by atoms with E-state index in [2.05, 4.69) is 4.98 Å². The summed E-state index contributed by atoms with van der Waals surface area (Å²) in [5.74, 6) is 0. The first-order chi connectivity index (χ1) is 14.1. The number of thiazole rings is 1. The van der Waals surface area contributed by atoms with Gasteiger partial charge in [0.2, 0.25) is 0 Å². The van der Waals surface area contributed by atoms with Crippen LogP contribution in [0.2, 0.25) is 5.02 Å². The molecule has 0 saturated heterocycles. The van der Waals surface area contributed by atoms with Crippen molar-refractivity contribution in [1.82, 2.24) is 9.55 Å². The molecule has 0 fully saturated rings. The number of aromatic nitrogens is 2. The van der Waals surface area contributed by atoms with Crippen molar-refractivity contribution in [1.29, 1.82) is 0 Å². The molecule has 0 N–H and O–H groups in total. The second-order valence-electron chi connectivity index (χ2n) is 6.20. The van der Waals surface area contributed by atoms with Crippen LogP contribution >= 0.6 is 22.9 Å². The van der Waals surface area contributed by atoms with E-state index in [1.54, 1.807) is 24.5 Å². The van der Waals surface area contributed by atoms with Gasteiger partial charge in [-0.1, -0.05) is 29.8 Å². The maximum Gasteiger partial charge on any atom is 0.269 e. The topological polar surface area (TPSA) is 73.3 Å². The molecule has 2 aromatic heterocycles. The van der Waals surface area contributed by atoms with E-state index in [0.717, 1.165) is 27.3 Å². The van der Waals surface area contributed by atoms with Gasteiger partial charge in [-0.2, -0.15) is 0 Å². The van der Waals surface area contributed by atoms with Crippen LogP contribution < -0.4 is 4.80 Å². The molecule has 0 saturated carbocycles. The Labute approximate surface area is 175 Å². The Morgan fingerprint density at radius 3 is 2.52 bits per heavy atom. The number of rotatable bonds is 5. The van der Waals surface area contributed by atoms with E-state index >= 15 is 0 Å². The van der Waals surface area contributed by atoms with Gasteiger partial charge in [0.1, 0.15) is 0 Å². The third-order valence-electron chi connectivity index (χ3n) is 4.29. The molecule has 8 heteroatoms. The minimum absolute atomic E-state index is 0.0477. The summed E-state index contributed by atoms with van der Waals surface area (Å²) in [6, 6.07) is 17.9. The van der Waals surface area contributed by atoms with E-state index in [0.29, 0.717) is 11.6 Å². The molecular formula is C21H15ClN4O2S. The Bertz CT molecular complexity index is 1200. The molecule has 4 aromatic rings. The van der Waals surface area contributed by atoms with Gasteiger partial charge in [-0.05, 0) is 41.5 Å². The summed E-state index contributed by atoms with van der Waals surface area (Å²) >= 11 is 7.54. The van der Waals surface area contributed by atoms with E-state index in [1.165, 1.54) is 23.5 Å². The zero-order valence-electron chi connectivity index (χ0n) is 15.1. The lowest BCUT2D eigenvalue weighted by molar-refractivity contribution is -0.384. The molecule has 0 aliphatic heterocycles. The summed E-state index contributed by atoms with van der Waals surface area (Å²) in [5.41, 5.74) is 3.76. The van der Waals surface area contributed by atoms with Crippen molar-refractivity contribution in [3.05, 3.63) is 104 Å². The molecule has 0 atom stereocenters. The molecule has 0 spiro atoms. The molecule has 2 aromatic carbocycles. The molecule has 0 unspecified atom stereocenters. The summed E-state index contributed by atoms with van der Waals surface area (Å²) in [5, 5.41) is 13.7. The summed E-state index contributed by atoms with van der Waals surface area (Å²) in [7, 11) is 0. The highest BCUT2D eigenvalue weighted by atomic mass is 35.5. The van der Waals surface area contributed by atoms with Crippen molar-refractivity contribution in [3.8, 4) is 16.9 Å². The third kappa shape index (κ3) is 4.26. The van der Waals surface area contributed by atoms with E-state index in [1.807, 2.05) is 46.3 Å². The zero-order valence-corrected chi connectivity index (χ0v) is 16.7. The molecule has 0 radical (unpaired) electrons. The molecule has 29 heavy (non-hydrogen) atoms. The summed E-state index contributed by atoms with van der Waals surface area (Å²) in [6.07, 6.45) is 3.51. The fourth-order valence-electron chi connectivity index (χ4n) is 2.87. The highest BCUT2D eigenvalue weighted by Crippen LogP contribution is 2.26. The van der Waals surface area contributed by atoms with Crippen LogP contribution in [0.25, 0.3) is 16.9 Å². The van der Waals surface area contributed by atoms with Crippen LogP contribution in [0.1, 0.15) is 5.56 Å². The summed E-state index contributed by atoms with van der Waals surface area (Å²) < 4.78 is 1.99. The lowest BCUT2D eigenvalue weighted by Gasteiger charge is -2.09. The molecular weight excluding hydrogens is 408 g/mol. The van der Waals surface area contributed by atoms with Crippen LogP contribution in [0.3, 0.4) is 0 Å². The predicted octanol–water partition coefficient (Wildman–Crippen LogP) is 5.26. The average Bonchev–Trinajstić information content (AvgIpc) is 3.17. The minimum Gasteiger partial charge on any atom is -0.285 e. The maximum atomic E-state index is 11.0. The second kappa shape index (κ2) is 8.38. The number of non-ortho nitro benzene ring substituents is 1. The number of benzene rings is 2. The Kier molecular flexibility index (Phi) is 5.50. The maximum absolute atomic E-state index is 11.0. The lowest BCUT2D eigenvalue weighted by Crippen LogP contribution is -2.14. The van der Waals surface area contributed by atoms with E-state index in [4.69, 9.17) is 16.6 Å². The molecule has 0 aliphatic carbocycles. The van der Waals surface area contributed by atoms with Gasteiger partial charge >= 0.3 is 0 Å². The van der Waals surface area contributed by atoms with Crippen LogP contribution in [0.15, 0.2) is 83.4 Å². The van der Waals surface area contributed by atoms with Gasteiger partial charge in [-0.15, -0.1) is 11.3 Å². The van der Waals surface area contributed by atoms with Crippen LogP contribution in [0, 0.1) is 10.1 Å². The zero-order chi connectivity index (χ0) is 20.2. The first kappa shape index (κ1) is 19.0. The summed E-state index contributed by atoms with van der Waals surface area (Å²) in [6.45, 7) is 0.487. The standard InChI is InChI=1S/C21H15ClN4O2S/c22-17-5-3-16(4-6-17)20-14-29-21(24-13-15-2-1-11-23-12-15)25(20)18-7-9-19(10-8-18)26(27)28/h1-12,14H,13H2. The van der Waals surface area contributed by atoms with Gasteiger partial charge in [-0.3, -0.25) is 24.7 Å². The highest BCUT2D eigenvalue weighted by molar-refractivity contribution is 7.07. The average molecular weight is 423 g/mol. The van der Waals surface area contributed by atoms with Gasteiger partial charge in [0.15, 0.2) is 4.80 Å². The number of nitro groups is 1. The largest absolute Gasteiger partial charge is 0.285 e. The predicted molar refractivity (Wildman–Crippen MR) is 114 cm³/mol. The van der Waals surface area contributed by atoms with Crippen LogP contribution in [0.5, 0.6) is 0 Å². The van der Waals surface area contributed by atoms with E-state index < -0.39 is 4.92 Å². The number of nitro benzene ring substituents is 1. The smallest absolute Gasteiger partial charge is 0.269 e. The molecule has 0 amide bonds. The molecule has 2 heterocycles. The number of nitrogens with zero attached hydrogens (tertiary/aromatic N) is 4. The molecule has 0 bridgehead atoms. The highest BCUT2D eigenvalue weighted by Gasteiger charge is 2.12. The van der Waals surface area contributed by atoms with Crippen LogP contribution in [0.4, 0.5) is 5.69 Å².